The molecule has 0 heterocycles. The zero-order chi connectivity index (χ0) is 8.85. The summed E-state index contributed by atoms with van der Waals surface area (Å²) in [5.41, 5.74) is 0. The van der Waals surface area contributed by atoms with E-state index in [1.54, 1.807) is 20.8 Å². The second kappa shape index (κ2) is 4.88. The van der Waals surface area contributed by atoms with Gasteiger partial charge in [0.1, 0.15) is 11.7 Å². The molecule has 0 aromatic heterocycles. The van der Waals surface area contributed by atoms with Crippen LogP contribution in [-0.2, 0) is 14.3 Å². The smallest absolute Gasteiger partial charge is 0.316 e. The van der Waals surface area contributed by atoms with Crippen molar-refractivity contribution in [3.05, 3.63) is 0 Å². The van der Waals surface area contributed by atoms with Crippen molar-refractivity contribution in [2.45, 2.75) is 27.2 Å². The molecule has 64 valence electrons. The molecule has 0 N–H and O–H groups in total. The largest absolute Gasteiger partial charge is 0.465 e. The first-order valence-corrected chi connectivity index (χ1v) is 3.82. The molecule has 3 nitrogen and oxygen atoms in total. The van der Waals surface area contributed by atoms with Gasteiger partial charge in [-0.3, -0.25) is 9.59 Å². The van der Waals surface area contributed by atoms with Crippen LogP contribution < -0.4 is 0 Å². The van der Waals surface area contributed by atoms with Crippen LogP contribution >= 0.6 is 0 Å². The molecule has 0 aliphatic carbocycles. The predicted molar refractivity (Wildman–Crippen MR) is 41.1 cm³/mol. The molecule has 0 saturated heterocycles. The summed E-state index contributed by atoms with van der Waals surface area (Å²) >= 11 is 0. The summed E-state index contributed by atoms with van der Waals surface area (Å²) in [6, 6.07) is 0. The third-order valence-electron chi connectivity index (χ3n) is 1.47. The first kappa shape index (κ1) is 10.1. The van der Waals surface area contributed by atoms with E-state index < -0.39 is 11.9 Å². The van der Waals surface area contributed by atoms with Gasteiger partial charge in [0.15, 0.2) is 0 Å². The Labute approximate surface area is 66.7 Å². The van der Waals surface area contributed by atoms with Crippen molar-refractivity contribution >= 4 is 11.8 Å². The van der Waals surface area contributed by atoms with Gasteiger partial charge in [-0.05, 0) is 13.8 Å². The molecule has 0 rings (SSSR count). The summed E-state index contributed by atoms with van der Waals surface area (Å²) in [5, 5.41) is 0. The highest BCUT2D eigenvalue weighted by atomic mass is 16.5. The van der Waals surface area contributed by atoms with E-state index >= 15 is 0 Å². The van der Waals surface area contributed by atoms with E-state index in [1.165, 1.54) is 0 Å². The Kier molecular flexibility index (Phi) is 4.50. The molecule has 3 heteroatoms. The summed E-state index contributed by atoms with van der Waals surface area (Å²) in [5.74, 6) is -1.08. The van der Waals surface area contributed by atoms with E-state index in [9.17, 15) is 9.59 Å². The zero-order valence-corrected chi connectivity index (χ0v) is 7.22. The maximum Gasteiger partial charge on any atom is 0.316 e. The number of Topliss-reactive ketones (excluding diaryl/α,β-unsaturated/α-hetero) is 1. The molecular formula is C8H14O3. The quantitative estimate of drug-likeness (QED) is 0.455. The number of ether oxygens (including phenoxy) is 1. The van der Waals surface area contributed by atoms with E-state index in [1.807, 2.05) is 0 Å². The summed E-state index contributed by atoms with van der Waals surface area (Å²) in [6.45, 7) is 5.36. The minimum atomic E-state index is -0.597. The van der Waals surface area contributed by atoms with E-state index in [4.69, 9.17) is 0 Å². The monoisotopic (exact) mass is 158 g/mol. The van der Waals surface area contributed by atoms with Gasteiger partial charge in [-0.25, -0.2) is 0 Å². The Morgan fingerprint density at radius 1 is 1.36 bits per heavy atom. The van der Waals surface area contributed by atoms with Crippen LogP contribution in [0.2, 0.25) is 0 Å². The molecule has 0 radical (unpaired) electrons. The van der Waals surface area contributed by atoms with Crippen LogP contribution in [0.5, 0.6) is 0 Å². The second-order valence-electron chi connectivity index (χ2n) is 2.29. The van der Waals surface area contributed by atoms with Crippen LogP contribution in [0.1, 0.15) is 27.2 Å². The highest BCUT2D eigenvalue weighted by Gasteiger charge is 2.20. The lowest BCUT2D eigenvalue weighted by atomic mass is 10.1. The molecule has 0 bridgehead atoms. The van der Waals surface area contributed by atoms with E-state index in [0.29, 0.717) is 13.0 Å². The summed E-state index contributed by atoms with van der Waals surface area (Å²) in [4.78, 5) is 21.8. The SMILES string of the molecule is CCOC(=O)[C@@H](C)C(=O)CC. The van der Waals surface area contributed by atoms with Gasteiger partial charge in [0.05, 0.1) is 6.61 Å². The van der Waals surface area contributed by atoms with Gasteiger partial charge in [-0.1, -0.05) is 6.92 Å². The average Bonchev–Trinajstić information content (AvgIpc) is 2.02. The molecule has 0 spiro atoms. The van der Waals surface area contributed by atoms with Crippen molar-refractivity contribution in [1.29, 1.82) is 0 Å². The maximum atomic E-state index is 10.9. The highest BCUT2D eigenvalue weighted by Crippen LogP contribution is 2.02. The van der Waals surface area contributed by atoms with Crippen LogP contribution in [0.15, 0.2) is 0 Å². The topological polar surface area (TPSA) is 43.4 Å². The van der Waals surface area contributed by atoms with E-state index in [0.717, 1.165) is 0 Å². The predicted octanol–water partition coefficient (Wildman–Crippen LogP) is 1.16. The summed E-state index contributed by atoms with van der Waals surface area (Å²) in [6.07, 6.45) is 0.389. The number of hydrogen-bond acceptors (Lipinski definition) is 3. The number of carbonyl (C=O) groups excluding carboxylic acids is 2. The molecule has 0 unspecified atom stereocenters. The lowest BCUT2D eigenvalue weighted by Gasteiger charge is -2.06. The lowest BCUT2D eigenvalue weighted by molar-refractivity contribution is -0.150. The number of carbonyl (C=O) groups is 2. The van der Waals surface area contributed by atoms with Crippen molar-refractivity contribution in [2.75, 3.05) is 6.61 Å². The highest BCUT2D eigenvalue weighted by molar-refractivity contribution is 5.98. The third-order valence-corrected chi connectivity index (χ3v) is 1.47. The van der Waals surface area contributed by atoms with Crippen LogP contribution in [0, 0.1) is 5.92 Å². The Morgan fingerprint density at radius 3 is 2.27 bits per heavy atom. The standard InChI is InChI=1S/C8H14O3/c1-4-7(9)6(3)8(10)11-5-2/h6H,4-5H2,1-3H3/t6-/m0/s1. The Bertz CT molecular complexity index is 151. The van der Waals surface area contributed by atoms with Gasteiger partial charge in [0.2, 0.25) is 0 Å². The molecule has 0 amide bonds. The molecule has 0 aromatic rings. The minimum Gasteiger partial charge on any atom is -0.465 e. The average molecular weight is 158 g/mol. The third kappa shape index (κ3) is 3.16. The maximum absolute atomic E-state index is 10.9. The Balaban J connectivity index is 3.91. The zero-order valence-electron chi connectivity index (χ0n) is 7.22. The normalized spacial score (nSPS) is 12.3. The van der Waals surface area contributed by atoms with E-state index in [2.05, 4.69) is 4.74 Å². The number of hydrogen-bond donors (Lipinski definition) is 0. The molecule has 1 atom stereocenters. The van der Waals surface area contributed by atoms with Crippen molar-refractivity contribution in [3.8, 4) is 0 Å². The molecule has 0 aliphatic heterocycles. The van der Waals surface area contributed by atoms with Crippen LogP contribution in [0.3, 0.4) is 0 Å². The van der Waals surface area contributed by atoms with Gasteiger partial charge in [0.25, 0.3) is 0 Å². The molecule has 0 aliphatic rings. The second-order valence-corrected chi connectivity index (χ2v) is 2.29. The van der Waals surface area contributed by atoms with Gasteiger partial charge in [0, 0.05) is 6.42 Å². The Morgan fingerprint density at radius 2 is 1.91 bits per heavy atom. The van der Waals surface area contributed by atoms with Crippen LogP contribution in [0.25, 0.3) is 0 Å². The first-order chi connectivity index (χ1) is 5.13. The Hall–Kier alpha value is -0.860. The summed E-state index contributed by atoms with van der Waals surface area (Å²) in [7, 11) is 0. The number of esters is 1. The van der Waals surface area contributed by atoms with Gasteiger partial charge < -0.3 is 4.74 Å². The van der Waals surface area contributed by atoms with Crippen molar-refractivity contribution in [1.82, 2.24) is 0 Å². The molecule has 0 aromatic carbocycles. The van der Waals surface area contributed by atoms with E-state index in [-0.39, 0.29) is 5.78 Å². The molecule has 0 saturated carbocycles. The fraction of sp³-hybridized carbons (Fsp3) is 0.750. The van der Waals surface area contributed by atoms with Crippen molar-refractivity contribution < 1.29 is 14.3 Å². The fourth-order valence-electron chi connectivity index (χ4n) is 0.705. The first-order valence-electron chi connectivity index (χ1n) is 3.82. The lowest BCUT2D eigenvalue weighted by Crippen LogP contribution is -2.22. The molecule has 0 fully saturated rings. The van der Waals surface area contributed by atoms with Gasteiger partial charge in [-0.2, -0.15) is 0 Å². The molecular weight excluding hydrogens is 144 g/mol. The number of rotatable bonds is 4. The van der Waals surface area contributed by atoms with Crippen molar-refractivity contribution in [3.63, 3.8) is 0 Å². The summed E-state index contributed by atoms with van der Waals surface area (Å²) < 4.78 is 4.67. The molecule has 11 heavy (non-hydrogen) atoms. The van der Waals surface area contributed by atoms with Crippen LogP contribution in [0.4, 0.5) is 0 Å². The fourth-order valence-corrected chi connectivity index (χ4v) is 0.705. The van der Waals surface area contributed by atoms with Gasteiger partial charge >= 0.3 is 5.97 Å². The minimum absolute atomic E-state index is 0.0662. The van der Waals surface area contributed by atoms with Crippen LogP contribution in [-0.4, -0.2) is 18.4 Å². The van der Waals surface area contributed by atoms with Crippen molar-refractivity contribution in [2.24, 2.45) is 5.92 Å². The van der Waals surface area contributed by atoms with Gasteiger partial charge in [-0.15, -0.1) is 0 Å². The number of ketones is 1.